The highest BCUT2D eigenvalue weighted by Gasteiger charge is 2.25. The van der Waals surface area contributed by atoms with E-state index in [-0.39, 0.29) is 5.91 Å². The highest BCUT2D eigenvalue weighted by Crippen LogP contribution is 2.21. The number of aromatic nitrogens is 2. The Morgan fingerprint density at radius 3 is 2.57 bits per heavy atom. The van der Waals surface area contributed by atoms with Crippen LogP contribution in [0.15, 0.2) is 40.2 Å². The maximum atomic E-state index is 12.6. The summed E-state index contributed by atoms with van der Waals surface area (Å²) in [7, 11) is 1.64. The van der Waals surface area contributed by atoms with E-state index in [0.717, 1.165) is 34.8 Å². The minimum atomic E-state index is 0.131. The number of piperazine rings is 1. The van der Waals surface area contributed by atoms with Crippen LogP contribution in [0.4, 0.5) is 0 Å². The van der Waals surface area contributed by atoms with Crippen molar-refractivity contribution in [2.24, 2.45) is 0 Å². The van der Waals surface area contributed by atoms with E-state index in [0.29, 0.717) is 31.3 Å². The molecule has 3 heterocycles. The number of aryl methyl sites for hydroxylation is 1. The molecule has 28 heavy (non-hydrogen) atoms. The minimum Gasteiger partial charge on any atom is -0.497 e. The first-order chi connectivity index (χ1) is 13.6. The van der Waals surface area contributed by atoms with Crippen molar-refractivity contribution < 1.29 is 14.1 Å². The number of ether oxygens (including phenoxy) is 1. The zero-order valence-electron chi connectivity index (χ0n) is 15.9. The summed E-state index contributed by atoms with van der Waals surface area (Å²) < 4.78 is 10.6. The Bertz CT molecular complexity index is 943. The van der Waals surface area contributed by atoms with Crippen molar-refractivity contribution >= 4 is 17.2 Å². The smallest absolute Gasteiger partial charge is 0.264 e. The predicted molar refractivity (Wildman–Crippen MR) is 107 cm³/mol. The zero-order valence-corrected chi connectivity index (χ0v) is 16.7. The van der Waals surface area contributed by atoms with Crippen LogP contribution in [0.2, 0.25) is 0 Å². The fourth-order valence-corrected chi connectivity index (χ4v) is 4.10. The number of thiophene rings is 1. The molecule has 0 spiro atoms. The lowest BCUT2D eigenvalue weighted by molar-refractivity contribution is 0.0619. The van der Waals surface area contributed by atoms with E-state index in [9.17, 15) is 4.79 Å². The maximum Gasteiger partial charge on any atom is 0.264 e. The summed E-state index contributed by atoms with van der Waals surface area (Å²) in [5.74, 6) is 2.07. The molecular weight excluding hydrogens is 376 g/mol. The quantitative estimate of drug-likeness (QED) is 0.658. The first kappa shape index (κ1) is 18.6. The molecule has 1 amide bonds. The largest absolute Gasteiger partial charge is 0.497 e. The molecule has 0 N–H and O–H groups in total. The molecule has 1 aliphatic rings. The lowest BCUT2D eigenvalue weighted by Crippen LogP contribution is -2.48. The van der Waals surface area contributed by atoms with E-state index in [4.69, 9.17) is 9.26 Å². The van der Waals surface area contributed by atoms with Gasteiger partial charge in [-0.15, -0.1) is 11.3 Å². The molecule has 3 aromatic rings. The molecule has 0 saturated carbocycles. The Balaban J connectivity index is 1.33. The molecule has 146 valence electrons. The van der Waals surface area contributed by atoms with Crippen molar-refractivity contribution in [1.29, 1.82) is 0 Å². The molecule has 0 radical (unpaired) electrons. The number of amides is 1. The number of benzene rings is 1. The average Bonchev–Trinajstić information content (AvgIpc) is 3.37. The van der Waals surface area contributed by atoms with Crippen LogP contribution >= 0.6 is 11.3 Å². The van der Waals surface area contributed by atoms with Crippen LogP contribution in [0.25, 0.3) is 11.4 Å². The van der Waals surface area contributed by atoms with Gasteiger partial charge in [-0.3, -0.25) is 9.69 Å². The highest BCUT2D eigenvalue weighted by atomic mass is 32.1. The molecule has 0 bridgehead atoms. The van der Waals surface area contributed by atoms with Crippen molar-refractivity contribution in [2.45, 2.75) is 13.5 Å². The number of hydrogen-bond donors (Lipinski definition) is 0. The van der Waals surface area contributed by atoms with E-state index >= 15 is 0 Å². The third-order valence-electron chi connectivity index (χ3n) is 4.89. The summed E-state index contributed by atoms with van der Waals surface area (Å²) in [5.41, 5.74) is 1.94. The standard InChI is InChI=1S/C20H22N4O3S/c1-14-7-12-28-18(14)20(25)24-10-8-23(9-11-24)13-17-21-19(22-27-17)15-3-5-16(26-2)6-4-15/h3-7,12H,8-11,13H2,1-2H3. The van der Waals surface area contributed by atoms with Gasteiger partial charge in [-0.25, -0.2) is 0 Å². The van der Waals surface area contributed by atoms with Crippen molar-refractivity contribution in [3.05, 3.63) is 52.0 Å². The number of methoxy groups -OCH3 is 1. The minimum absolute atomic E-state index is 0.131. The van der Waals surface area contributed by atoms with E-state index in [1.54, 1.807) is 7.11 Å². The predicted octanol–water partition coefficient (Wildman–Crippen LogP) is 3.07. The normalized spacial score (nSPS) is 15.0. The molecular formula is C20H22N4O3S. The summed E-state index contributed by atoms with van der Waals surface area (Å²) in [5, 5.41) is 6.04. The third kappa shape index (κ3) is 3.93. The van der Waals surface area contributed by atoms with Gasteiger partial charge in [-0.1, -0.05) is 5.16 Å². The Labute approximate surface area is 167 Å². The number of carbonyl (C=O) groups is 1. The van der Waals surface area contributed by atoms with Gasteiger partial charge in [0.15, 0.2) is 0 Å². The Hall–Kier alpha value is -2.71. The number of nitrogens with zero attached hydrogens (tertiary/aromatic N) is 4. The van der Waals surface area contributed by atoms with Crippen LogP contribution in [-0.4, -0.2) is 59.1 Å². The van der Waals surface area contributed by atoms with Crippen LogP contribution in [0.5, 0.6) is 5.75 Å². The van der Waals surface area contributed by atoms with E-state index in [1.807, 2.05) is 47.5 Å². The van der Waals surface area contributed by atoms with E-state index < -0.39 is 0 Å². The first-order valence-corrected chi connectivity index (χ1v) is 10.0. The molecule has 7 nitrogen and oxygen atoms in total. The average molecular weight is 398 g/mol. The molecule has 1 saturated heterocycles. The SMILES string of the molecule is COc1ccc(-c2noc(CN3CCN(C(=O)c4sccc4C)CC3)n2)cc1. The van der Waals surface area contributed by atoms with E-state index in [2.05, 4.69) is 15.0 Å². The van der Waals surface area contributed by atoms with Gasteiger partial charge in [0.25, 0.3) is 5.91 Å². The fraction of sp³-hybridized carbons (Fsp3) is 0.350. The summed E-state index contributed by atoms with van der Waals surface area (Å²) in [6, 6.07) is 9.55. The second-order valence-electron chi connectivity index (χ2n) is 6.74. The zero-order chi connectivity index (χ0) is 19.5. The molecule has 0 aliphatic carbocycles. The topological polar surface area (TPSA) is 71.7 Å². The lowest BCUT2D eigenvalue weighted by Gasteiger charge is -2.33. The Morgan fingerprint density at radius 2 is 1.93 bits per heavy atom. The number of rotatable bonds is 5. The third-order valence-corrected chi connectivity index (χ3v) is 5.90. The number of hydrogen-bond acceptors (Lipinski definition) is 7. The second-order valence-corrected chi connectivity index (χ2v) is 7.66. The fourth-order valence-electron chi connectivity index (χ4n) is 3.21. The van der Waals surface area contributed by atoms with Crippen molar-refractivity contribution in [2.75, 3.05) is 33.3 Å². The van der Waals surface area contributed by atoms with Gasteiger partial charge in [0.1, 0.15) is 5.75 Å². The van der Waals surface area contributed by atoms with Crippen LogP contribution in [0.3, 0.4) is 0 Å². The van der Waals surface area contributed by atoms with Gasteiger partial charge >= 0.3 is 0 Å². The molecule has 8 heteroatoms. The van der Waals surface area contributed by atoms with Crippen LogP contribution in [0.1, 0.15) is 21.1 Å². The van der Waals surface area contributed by atoms with Crippen molar-refractivity contribution in [1.82, 2.24) is 19.9 Å². The molecule has 1 aromatic carbocycles. The maximum absolute atomic E-state index is 12.6. The molecule has 0 unspecified atom stereocenters. The van der Waals surface area contributed by atoms with Gasteiger partial charge in [0.2, 0.25) is 11.7 Å². The first-order valence-electron chi connectivity index (χ1n) is 9.17. The summed E-state index contributed by atoms with van der Waals surface area (Å²) in [4.78, 5) is 22.1. The molecule has 2 aromatic heterocycles. The summed E-state index contributed by atoms with van der Waals surface area (Å²) >= 11 is 1.51. The molecule has 1 fully saturated rings. The summed E-state index contributed by atoms with van der Waals surface area (Å²) in [6.45, 7) is 5.55. The van der Waals surface area contributed by atoms with Gasteiger partial charge in [0, 0.05) is 31.7 Å². The monoisotopic (exact) mass is 398 g/mol. The Morgan fingerprint density at radius 1 is 1.18 bits per heavy atom. The van der Waals surface area contributed by atoms with Gasteiger partial charge in [-0.2, -0.15) is 4.98 Å². The highest BCUT2D eigenvalue weighted by molar-refractivity contribution is 7.12. The molecule has 1 aliphatic heterocycles. The molecule has 4 rings (SSSR count). The van der Waals surface area contributed by atoms with Crippen molar-refractivity contribution in [3.63, 3.8) is 0 Å². The van der Waals surface area contributed by atoms with Gasteiger partial charge < -0.3 is 14.2 Å². The lowest BCUT2D eigenvalue weighted by atomic mass is 10.2. The van der Waals surface area contributed by atoms with Crippen LogP contribution in [0, 0.1) is 6.92 Å². The second kappa shape index (κ2) is 8.12. The summed E-state index contributed by atoms with van der Waals surface area (Å²) in [6.07, 6.45) is 0. The van der Waals surface area contributed by atoms with Crippen LogP contribution in [-0.2, 0) is 6.54 Å². The Kier molecular flexibility index (Phi) is 5.40. The van der Waals surface area contributed by atoms with Crippen molar-refractivity contribution in [3.8, 4) is 17.1 Å². The van der Waals surface area contributed by atoms with E-state index in [1.165, 1.54) is 11.3 Å². The van der Waals surface area contributed by atoms with Crippen LogP contribution < -0.4 is 4.74 Å². The number of carbonyl (C=O) groups excluding carboxylic acids is 1. The van der Waals surface area contributed by atoms with Gasteiger partial charge in [-0.05, 0) is 48.2 Å². The van der Waals surface area contributed by atoms with Gasteiger partial charge in [0.05, 0.1) is 18.5 Å². The molecule has 0 atom stereocenters.